The number of fused-ring (bicyclic) bond motifs is 4. The van der Waals surface area contributed by atoms with E-state index in [1.807, 2.05) is 19.9 Å². The third-order valence-electron chi connectivity index (χ3n) is 6.89. The lowest BCUT2D eigenvalue weighted by molar-refractivity contribution is 0.223. The van der Waals surface area contributed by atoms with E-state index >= 15 is 4.39 Å². The molecule has 0 saturated carbocycles. The van der Waals surface area contributed by atoms with Gasteiger partial charge in [-0.1, -0.05) is 30.2 Å². The molecule has 4 heterocycles. The topological polar surface area (TPSA) is 63.2 Å². The van der Waals surface area contributed by atoms with Crippen molar-refractivity contribution < 1.29 is 13.5 Å². The largest absolute Gasteiger partial charge is 0.461 e. The first-order chi connectivity index (χ1) is 17.4. The van der Waals surface area contributed by atoms with Crippen molar-refractivity contribution in [2.45, 2.75) is 44.9 Å². The Morgan fingerprint density at radius 1 is 1.11 bits per heavy atom. The lowest BCUT2D eigenvalue weighted by Gasteiger charge is -2.34. The molecule has 0 aliphatic carbocycles. The molecule has 2 unspecified atom stereocenters. The number of pyridine rings is 1. The highest BCUT2D eigenvalue weighted by molar-refractivity contribution is 6.02. The molecule has 2 aromatic heterocycles. The van der Waals surface area contributed by atoms with Gasteiger partial charge >= 0.3 is 6.01 Å². The number of nitrogens with one attached hydrogen (secondary N) is 1. The van der Waals surface area contributed by atoms with Gasteiger partial charge in [0.05, 0.1) is 17.1 Å². The van der Waals surface area contributed by atoms with Crippen molar-refractivity contribution in [3.05, 3.63) is 53.7 Å². The SMILES string of the molecule is C#Cc1c(F)ccc2cccc(-c3ncc4c(N5CC6CCC(C5)N6)nc(OC(C)C)nc4c3F)c12. The molecule has 1 N–H and O–H groups in total. The summed E-state index contributed by atoms with van der Waals surface area (Å²) in [6.45, 7) is 5.28. The lowest BCUT2D eigenvalue weighted by Crippen LogP contribution is -2.51. The molecule has 6 rings (SSSR count). The van der Waals surface area contributed by atoms with Gasteiger partial charge in [0.25, 0.3) is 0 Å². The second-order valence-electron chi connectivity index (χ2n) is 9.69. The standard InChI is InChI=1S/C28H25F2N5O/c1-4-19-22(29)11-8-16-6-5-7-20(23(16)19)25-24(30)26-21(12-31-25)27(34-28(33-26)36-15(2)3)35-13-17-9-10-18(14-35)32-17/h1,5-8,11-12,15,17-18,32H,9-10,13-14H2,2-3H3. The molecule has 2 saturated heterocycles. The molecule has 8 heteroatoms. The minimum atomic E-state index is -0.623. The Balaban J connectivity index is 1.58. The summed E-state index contributed by atoms with van der Waals surface area (Å²) in [7, 11) is 0. The van der Waals surface area contributed by atoms with Crippen molar-refractivity contribution in [3.63, 3.8) is 0 Å². The summed E-state index contributed by atoms with van der Waals surface area (Å²) in [5.41, 5.74) is 0.650. The summed E-state index contributed by atoms with van der Waals surface area (Å²) in [6.07, 6.45) is 9.26. The zero-order valence-corrected chi connectivity index (χ0v) is 20.1. The number of nitrogens with zero attached hydrogens (tertiary/aromatic N) is 4. The van der Waals surface area contributed by atoms with Gasteiger partial charge < -0.3 is 15.0 Å². The molecule has 0 amide bonds. The fourth-order valence-electron chi connectivity index (χ4n) is 5.38. The van der Waals surface area contributed by atoms with E-state index in [0.29, 0.717) is 39.6 Å². The molecule has 2 aliphatic heterocycles. The minimum Gasteiger partial charge on any atom is -0.461 e. The number of terminal acetylenes is 1. The third-order valence-corrected chi connectivity index (χ3v) is 6.89. The summed E-state index contributed by atoms with van der Waals surface area (Å²) in [5, 5.41) is 5.26. The number of halogens is 2. The van der Waals surface area contributed by atoms with Crippen LogP contribution in [0.3, 0.4) is 0 Å². The Bertz CT molecular complexity index is 1540. The first-order valence-corrected chi connectivity index (χ1v) is 12.1. The molecule has 36 heavy (non-hydrogen) atoms. The Morgan fingerprint density at radius 3 is 2.61 bits per heavy atom. The fourth-order valence-corrected chi connectivity index (χ4v) is 5.38. The Kier molecular flexibility index (Phi) is 5.45. The van der Waals surface area contributed by atoms with Gasteiger partial charge in [-0.05, 0) is 38.1 Å². The van der Waals surface area contributed by atoms with Crippen LogP contribution in [-0.4, -0.2) is 46.2 Å². The van der Waals surface area contributed by atoms with Crippen LogP contribution in [-0.2, 0) is 0 Å². The van der Waals surface area contributed by atoms with Gasteiger partial charge in [0.15, 0.2) is 5.82 Å². The average molecular weight is 486 g/mol. The Morgan fingerprint density at radius 2 is 1.89 bits per heavy atom. The van der Waals surface area contributed by atoms with Crippen molar-refractivity contribution in [1.82, 2.24) is 20.3 Å². The molecule has 6 nitrogen and oxygen atoms in total. The molecule has 182 valence electrons. The smallest absolute Gasteiger partial charge is 0.319 e. The van der Waals surface area contributed by atoms with Crippen molar-refractivity contribution in [3.8, 4) is 29.6 Å². The van der Waals surface area contributed by atoms with Gasteiger partial charge in [0.1, 0.15) is 22.8 Å². The zero-order chi connectivity index (χ0) is 25.0. The van der Waals surface area contributed by atoms with E-state index in [9.17, 15) is 4.39 Å². The van der Waals surface area contributed by atoms with Crippen LogP contribution in [0.4, 0.5) is 14.6 Å². The highest BCUT2D eigenvalue weighted by atomic mass is 19.1. The normalized spacial score (nSPS) is 19.3. The first-order valence-electron chi connectivity index (χ1n) is 12.1. The maximum atomic E-state index is 16.3. The van der Waals surface area contributed by atoms with Crippen LogP contribution in [0, 0.1) is 24.0 Å². The van der Waals surface area contributed by atoms with E-state index in [1.165, 1.54) is 6.07 Å². The fraction of sp³-hybridized carbons (Fsp3) is 0.321. The number of piperazine rings is 1. The quantitative estimate of drug-likeness (QED) is 0.418. The van der Waals surface area contributed by atoms with Crippen LogP contribution >= 0.6 is 0 Å². The summed E-state index contributed by atoms with van der Waals surface area (Å²) in [5.74, 6) is 1.87. The van der Waals surface area contributed by atoms with Crippen LogP contribution < -0.4 is 15.0 Å². The van der Waals surface area contributed by atoms with E-state index in [2.05, 4.69) is 31.1 Å². The molecule has 0 spiro atoms. The number of hydrogen-bond donors (Lipinski definition) is 1. The molecular weight excluding hydrogens is 460 g/mol. The number of benzene rings is 2. The van der Waals surface area contributed by atoms with Gasteiger partial charge in [-0.25, -0.2) is 8.78 Å². The zero-order valence-electron chi connectivity index (χ0n) is 20.1. The molecule has 2 aromatic carbocycles. The number of rotatable bonds is 4. The van der Waals surface area contributed by atoms with Crippen molar-refractivity contribution in [2.24, 2.45) is 0 Å². The third kappa shape index (κ3) is 3.71. The van der Waals surface area contributed by atoms with Crippen molar-refractivity contribution >= 4 is 27.5 Å². The summed E-state index contributed by atoms with van der Waals surface area (Å²) >= 11 is 0. The monoisotopic (exact) mass is 485 g/mol. The van der Waals surface area contributed by atoms with E-state index in [-0.39, 0.29) is 28.9 Å². The van der Waals surface area contributed by atoms with Crippen LogP contribution in [0.15, 0.2) is 36.5 Å². The average Bonchev–Trinajstić information content (AvgIpc) is 3.20. The van der Waals surface area contributed by atoms with Gasteiger partial charge in [-0.15, -0.1) is 6.42 Å². The predicted molar refractivity (Wildman–Crippen MR) is 136 cm³/mol. The van der Waals surface area contributed by atoms with Crippen LogP contribution in [0.5, 0.6) is 6.01 Å². The number of ether oxygens (including phenoxy) is 1. The molecule has 2 bridgehead atoms. The lowest BCUT2D eigenvalue weighted by atomic mass is 9.96. The minimum absolute atomic E-state index is 0.0516. The van der Waals surface area contributed by atoms with Crippen LogP contribution in [0.1, 0.15) is 32.3 Å². The van der Waals surface area contributed by atoms with Crippen molar-refractivity contribution in [1.29, 1.82) is 0 Å². The van der Waals surface area contributed by atoms with Gasteiger partial charge in [0.2, 0.25) is 0 Å². The molecule has 4 aromatic rings. The van der Waals surface area contributed by atoms with Crippen LogP contribution in [0.2, 0.25) is 0 Å². The Hall–Kier alpha value is -3.83. The van der Waals surface area contributed by atoms with E-state index in [1.54, 1.807) is 24.4 Å². The maximum Gasteiger partial charge on any atom is 0.319 e. The van der Waals surface area contributed by atoms with E-state index in [0.717, 1.165) is 25.9 Å². The molecule has 2 fully saturated rings. The summed E-state index contributed by atoms with van der Waals surface area (Å²) < 4.78 is 36.6. The highest BCUT2D eigenvalue weighted by Crippen LogP contribution is 2.37. The van der Waals surface area contributed by atoms with Gasteiger partial charge in [-0.2, -0.15) is 9.97 Å². The predicted octanol–water partition coefficient (Wildman–Crippen LogP) is 4.83. The second kappa shape index (κ2) is 8.68. The van der Waals surface area contributed by atoms with E-state index in [4.69, 9.17) is 11.2 Å². The molecule has 0 radical (unpaired) electrons. The number of aromatic nitrogens is 3. The highest BCUT2D eigenvalue weighted by Gasteiger charge is 2.34. The maximum absolute atomic E-state index is 16.3. The second-order valence-corrected chi connectivity index (χ2v) is 9.69. The molecular formula is C28H25F2N5O. The first kappa shape index (κ1) is 22.6. The van der Waals surface area contributed by atoms with Gasteiger partial charge in [-0.3, -0.25) is 4.98 Å². The molecule has 2 atom stereocenters. The van der Waals surface area contributed by atoms with Crippen LogP contribution in [0.25, 0.3) is 32.9 Å². The van der Waals surface area contributed by atoms with Crippen molar-refractivity contribution in [2.75, 3.05) is 18.0 Å². The summed E-state index contributed by atoms with van der Waals surface area (Å²) in [6, 6.07) is 9.08. The summed E-state index contributed by atoms with van der Waals surface area (Å²) in [4.78, 5) is 15.8. The van der Waals surface area contributed by atoms with Gasteiger partial charge in [0, 0.05) is 42.3 Å². The number of hydrogen-bond acceptors (Lipinski definition) is 6. The molecule has 2 aliphatic rings. The van der Waals surface area contributed by atoms with E-state index < -0.39 is 11.6 Å². The number of anilines is 1. The Labute approximate surface area is 207 Å².